The number of ether oxygens (including phenoxy) is 2. The lowest BCUT2D eigenvalue weighted by atomic mass is 10.1. The average Bonchev–Trinajstić information content (AvgIpc) is 3.35. The van der Waals surface area contributed by atoms with Crippen LogP contribution in [0.4, 0.5) is 0 Å². The van der Waals surface area contributed by atoms with Crippen LogP contribution in [0.1, 0.15) is 21.0 Å². The first-order valence-electron chi connectivity index (χ1n) is 7.53. The molecule has 0 saturated carbocycles. The number of benzene rings is 1. The minimum absolute atomic E-state index is 0.0712. The van der Waals surface area contributed by atoms with Crippen molar-refractivity contribution in [2.75, 3.05) is 6.79 Å². The van der Waals surface area contributed by atoms with Crippen molar-refractivity contribution < 1.29 is 18.7 Å². The summed E-state index contributed by atoms with van der Waals surface area (Å²) in [4.78, 5) is 15.9. The first-order valence-corrected chi connectivity index (χ1v) is 8.41. The summed E-state index contributed by atoms with van der Waals surface area (Å²) in [6.07, 6.45) is 1.61. The Hall–Kier alpha value is -2.73. The molecule has 0 bridgehead atoms. The highest BCUT2D eigenvalue weighted by Gasteiger charge is 2.21. The quantitative estimate of drug-likeness (QED) is 0.706. The van der Waals surface area contributed by atoms with Crippen molar-refractivity contribution in [2.24, 2.45) is 0 Å². The second-order valence-corrected chi connectivity index (χ2v) is 6.42. The first-order chi connectivity index (χ1) is 11.8. The van der Waals surface area contributed by atoms with Gasteiger partial charge in [-0.05, 0) is 41.8 Å². The molecule has 0 fully saturated rings. The molecule has 0 aliphatic carbocycles. The molecule has 6 heteroatoms. The van der Waals surface area contributed by atoms with Gasteiger partial charge in [0.1, 0.15) is 5.76 Å². The summed E-state index contributed by atoms with van der Waals surface area (Å²) in [5, 5.41) is 2.01. The summed E-state index contributed by atoms with van der Waals surface area (Å²) in [5.41, 5.74) is 0.572. The Morgan fingerprint density at radius 2 is 2.00 bits per heavy atom. The van der Waals surface area contributed by atoms with E-state index in [0.29, 0.717) is 30.2 Å². The van der Waals surface area contributed by atoms with Gasteiger partial charge in [0.05, 0.1) is 19.4 Å². The average molecular weight is 341 g/mol. The number of furan rings is 1. The lowest BCUT2D eigenvalue weighted by Crippen LogP contribution is -2.29. The summed E-state index contributed by atoms with van der Waals surface area (Å²) in [5.74, 6) is 1.95. The van der Waals surface area contributed by atoms with E-state index >= 15 is 0 Å². The van der Waals surface area contributed by atoms with Crippen molar-refractivity contribution in [3.63, 3.8) is 0 Å². The zero-order valence-electron chi connectivity index (χ0n) is 12.8. The minimum atomic E-state index is -0.0712. The molecule has 24 heavy (non-hydrogen) atoms. The molecule has 2 aromatic heterocycles. The van der Waals surface area contributed by atoms with Crippen LogP contribution in [-0.2, 0) is 13.1 Å². The predicted octanol–water partition coefficient (Wildman–Crippen LogP) is 3.91. The van der Waals surface area contributed by atoms with E-state index in [2.05, 4.69) is 0 Å². The summed E-state index contributed by atoms with van der Waals surface area (Å²) in [7, 11) is 0. The molecule has 122 valence electrons. The van der Waals surface area contributed by atoms with E-state index in [0.717, 1.165) is 10.6 Å². The molecule has 3 heterocycles. The highest BCUT2D eigenvalue weighted by Crippen LogP contribution is 2.33. The van der Waals surface area contributed by atoms with E-state index in [-0.39, 0.29) is 12.7 Å². The van der Waals surface area contributed by atoms with Crippen LogP contribution in [0.3, 0.4) is 0 Å². The third-order valence-electron chi connectivity index (χ3n) is 3.76. The van der Waals surface area contributed by atoms with Crippen molar-refractivity contribution in [3.05, 3.63) is 70.3 Å². The number of hydrogen-bond donors (Lipinski definition) is 0. The normalized spacial score (nSPS) is 12.3. The number of carbonyl (C=O) groups excluding carboxylic acids is 1. The number of fused-ring (bicyclic) bond motifs is 1. The van der Waals surface area contributed by atoms with Crippen LogP contribution < -0.4 is 9.47 Å². The van der Waals surface area contributed by atoms with Crippen LogP contribution in [0.2, 0.25) is 0 Å². The van der Waals surface area contributed by atoms with Crippen molar-refractivity contribution in [3.8, 4) is 11.5 Å². The molecule has 1 amide bonds. The standard InChI is InChI=1S/C18H15NO4S/c20-18(13-5-6-16-17(9-13)23-12-22-16)19(10-14-3-1-7-21-14)11-15-4-2-8-24-15/h1-9H,10-12H2. The lowest BCUT2D eigenvalue weighted by molar-refractivity contribution is 0.0719. The molecule has 0 radical (unpaired) electrons. The maximum atomic E-state index is 13.0. The van der Waals surface area contributed by atoms with Gasteiger partial charge in [-0.25, -0.2) is 0 Å². The molecule has 5 nitrogen and oxygen atoms in total. The van der Waals surface area contributed by atoms with E-state index in [9.17, 15) is 4.79 Å². The van der Waals surface area contributed by atoms with Crippen molar-refractivity contribution in [1.29, 1.82) is 0 Å². The van der Waals surface area contributed by atoms with Gasteiger partial charge < -0.3 is 18.8 Å². The SMILES string of the molecule is O=C(c1ccc2c(c1)OCO2)N(Cc1ccco1)Cc1cccs1. The van der Waals surface area contributed by atoms with Crippen LogP contribution in [0, 0.1) is 0 Å². The molecule has 0 spiro atoms. The van der Waals surface area contributed by atoms with Gasteiger partial charge in [0, 0.05) is 10.4 Å². The Kier molecular flexibility index (Phi) is 3.96. The van der Waals surface area contributed by atoms with Gasteiger partial charge in [-0.15, -0.1) is 11.3 Å². The van der Waals surface area contributed by atoms with E-state index in [1.54, 1.807) is 40.7 Å². The van der Waals surface area contributed by atoms with Crippen molar-refractivity contribution in [2.45, 2.75) is 13.1 Å². The van der Waals surface area contributed by atoms with Crippen LogP contribution in [0.15, 0.2) is 58.5 Å². The summed E-state index contributed by atoms with van der Waals surface area (Å²) < 4.78 is 16.1. The van der Waals surface area contributed by atoms with Crippen LogP contribution >= 0.6 is 11.3 Å². The molecule has 0 unspecified atom stereocenters. The van der Waals surface area contributed by atoms with Gasteiger partial charge in [0.25, 0.3) is 5.91 Å². The van der Waals surface area contributed by atoms with Gasteiger partial charge in [-0.1, -0.05) is 6.07 Å². The third-order valence-corrected chi connectivity index (χ3v) is 4.62. The molecule has 3 aromatic rings. The summed E-state index contributed by atoms with van der Waals surface area (Å²) in [6.45, 7) is 1.14. The molecule has 1 aliphatic heterocycles. The molecule has 0 N–H and O–H groups in total. The number of rotatable bonds is 5. The van der Waals surface area contributed by atoms with Gasteiger partial charge in [0.15, 0.2) is 11.5 Å². The Morgan fingerprint density at radius 3 is 2.79 bits per heavy atom. The van der Waals surface area contributed by atoms with E-state index in [4.69, 9.17) is 13.9 Å². The number of hydrogen-bond acceptors (Lipinski definition) is 5. The summed E-state index contributed by atoms with van der Waals surface area (Å²) >= 11 is 1.63. The fourth-order valence-electron chi connectivity index (χ4n) is 2.59. The van der Waals surface area contributed by atoms with Gasteiger partial charge in [0.2, 0.25) is 6.79 Å². The topological polar surface area (TPSA) is 51.9 Å². The molecule has 1 aromatic carbocycles. The Bertz CT molecular complexity index is 791. The second-order valence-electron chi connectivity index (χ2n) is 5.39. The minimum Gasteiger partial charge on any atom is -0.467 e. The fraction of sp³-hybridized carbons (Fsp3) is 0.167. The van der Waals surface area contributed by atoms with E-state index in [1.807, 2.05) is 29.6 Å². The summed E-state index contributed by atoms with van der Waals surface area (Å²) in [6, 6.07) is 13.0. The van der Waals surface area contributed by atoms with Gasteiger partial charge in [-0.2, -0.15) is 0 Å². The number of nitrogens with zero attached hydrogens (tertiary/aromatic N) is 1. The van der Waals surface area contributed by atoms with Crippen LogP contribution in [0.5, 0.6) is 11.5 Å². The Morgan fingerprint density at radius 1 is 1.08 bits per heavy atom. The Labute approximate surface area is 143 Å². The lowest BCUT2D eigenvalue weighted by Gasteiger charge is -2.21. The van der Waals surface area contributed by atoms with Crippen LogP contribution in [0.25, 0.3) is 0 Å². The van der Waals surface area contributed by atoms with Crippen molar-refractivity contribution >= 4 is 17.2 Å². The fourth-order valence-corrected chi connectivity index (χ4v) is 3.31. The molecular formula is C18H15NO4S. The third kappa shape index (κ3) is 3.00. The maximum absolute atomic E-state index is 13.0. The van der Waals surface area contributed by atoms with E-state index < -0.39 is 0 Å². The number of carbonyl (C=O) groups is 1. The molecule has 0 atom stereocenters. The maximum Gasteiger partial charge on any atom is 0.254 e. The second kappa shape index (κ2) is 6.41. The first kappa shape index (κ1) is 14.8. The molecular weight excluding hydrogens is 326 g/mol. The zero-order chi connectivity index (χ0) is 16.4. The monoisotopic (exact) mass is 341 g/mol. The molecule has 4 rings (SSSR count). The van der Waals surface area contributed by atoms with Crippen LogP contribution in [-0.4, -0.2) is 17.6 Å². The number of amides is 1. The van der Waals surface area contributed by atoms with Gasteiger partial charge in [-0.3, -0.25) is 4.79 Å². The number of thiophene rings is 1. The highest BCUT2D eigenvalue weighted by molar-refractivity contribution is 7.09. The largest absolute Gasteiger partial charge is 0.467 e. The predicted molar refractivity (Wildman–Crippen MR) is 89.2 cm³/mol. The molecule has 1 aliphatic rings. The van der Waals surface area contributed by atoms with Gasteiger partial charge >= 0.3 is 0 Å². The van der Waals surface area contributed by atoms with Crippen molar-refractivity contribution in [1.82, 2.24) is 4.90 Å². The smallest absolute Gasteiger partial charge is 0.254 e. The molecule has 0 saturated heterocycles. The highest BCUT2D eigenvalue weighted by atomic mass is 32.1. The Balaban J connectivity index is 1.60. The van der Waals surface area contributed by atoms with E-state index in [1.165, 1.54) is 0 Å². The zero-order valence-corrected chi connectivity index (χ0v) is 13.6.